The van der Waals surface area contributed by atoms with Crippen LogP contribution < -0.4 is 9.64 Å². The summed E-state index contributed by atoms with van der Waals surface area (Å²) in [7, 11) is 1.60. The second-order valence-electron chi connectivity index (χ2n) is 6.16. The van der Waals surface area contributed by atoms with E-state index in [4.69, 9.17) is 4.74 Å². The first kappa shape index (κ1) is 19.5. The molecule has 0 saturated carbocycles. The standard InChI is InChI=1S/C21H26N2O3/c1-5-23(19-11-8-9-16(2)13-19)21(25)15-22(17(3)24)14-18-10-6-7-12-20(18)26-4/h6-13H,5,14-15H2,1-4H3. The van der Waals surface area contributed by atoms with Gasteiger partial charge in [-0.3, -0.25) is 9.59 Å². The summed E-state index contributed by atoms with van der Waals surface area (Å²) in [6.07, 6.45) is 0. The Kier molecular flexibility index (Phi) is 6.78. The van der Waals surface area contributed by atoms with Gasteiger partial charge in [-0.25, -0.2) is 0 Å². The Morgan fingerprint density at radius 2 is 1.81 bits per heavy atom. The van der Waals surface area contributed by atoms with Crippen molar-refractivity contribution in [2.75, 3.05) is 25.1 Å². The molecule has 0 aliphatic heterocycles. The summed E-state index contributed by atoms with van der Waals surface area (Å²) in [6.45, 7) is 6.30. The number of carbonyl (C=O) groups is 2. The number of rotatable bonds is 7. The number of methoxy groups -OCH3 is 1. The SMILES string of the molecule is CCN(C(=O)CN(Cc1ccccc1OC)C(C)=O)c1cccc(C)c1. The van der Waals surface area contributed by atoms with Crippen LogP contribution in [0.15, 0.2) is 48.5 Å². The monoisotopic (exact) mass is 354 g/mol. The van der Waals surface area contributed by atoms with E-state index < -0.39 is 0 Å². The first-order valence-electron chi connectivity index (χ1n) is 8.70. The van der Waals surface area contributed by atoms with E-state index in [-0.39, 0.29) is 18.4 Å². The van der Waals surface area contributed by atoms with Gasteiger partial charge in [-0.15, -0.1) is 0 Å². The molecule has 138 valence electrons. The van der Waals surface area contributed by atoms with Gasteiger partial charge in [0.05, 0.1) is 7.11 Å². The first-order chi connectivity index (χ1) is 12.5. The quantitative estimate of drug-likeness (QED) is 0.766. The molecular weight excluding hydrogens is 328 g/mol. The van der Waals surface area contributed by atoms with Crippen LogP contribution in [-0.4, -0.2) is 36.9 Å². The summed E-state index contributed by atoms with van der Waals surface area (Å²) in [5, 5.41) is 0. The number of amides is 2. The lowest BCUT2D eigenvalue weighted by molar-refractivity contribution is -0.134. The van der Waals surface area contributed by atoms with Gasteiger partial charge in [-0.05, 0) is 37.6 Å². The molecule has 2 rings (SSSR count). The fourth-order valence-electron chi connectivity index (χ4n) is 2.87. The lowest BCUT2D eigenvalue weighted by Crippen LogP contribution is -2.42. The second-order valence-corrected chi connectivity index (χ2v) is 6.16. The summed E-state index contributed by atoms with van der Waals surface area (Å²) in [5.74, 6) is 0.449. The molecule has 5 heteroatoms. The minimum absolute atomic E-state index is 0.0230. The van der Waals surface area contributed by atoms with Crippen LogP contribution >= 0.6 is 0 Å². The Morgan fingerprint density at radius 1 is 1.08 bits per heavy atom. The van der Waals surface area contributed by atoms with E-state index in [0.717, 1.165) is 16.8 Å². The van der Waals surface area contributed by atoms with Gasteiger partial charge in [0.1, 0.15) is 12.3 Å². The average Bonchev–Trinajstić information content (AvgIpc) is 2.62. The fraction of sp³-hybridized carbons (Fsp3) is 0.333. The molecule has 2 amide bonds. The van der Waals surface area contributed by atoms with Gasteiger partial charge in [0.2, 0.25) is 11.8 Å². The van der Waals surface area contributed by atoms with E-state index in [0.29, 0.717) is 18.8 Å². The zero-order valence-corrected chi connectivity index (χ0v) is 15.9. The van der Waals surface area contributed by atoms with Gasteiger partial charge in [-0.2, -0.15) is 0 Å². The van der Waals surface area contributed by atoms with Gasteiger partial charge < -0.3 is 14.5 Å². The lowest BCUT2D eigenvalue weighted by Gasteiger charge is -2.27. The molecular formula is C21H26N2O3. The van der Waals surface area contributed by atoms with Crippen molar-refractivity contribution in [1.29, 1.82) is 0 Å². The number of aryl methyl sites for hydroxylation is 1. The zero-order valence-electron chi connectivity index (χ0n) is 15.9. The number of ether oxygens (including phenoxy) is 1. The third-order valence-corrected chi connectivity index (χ3v) is 4.26. The molecule has 0 heterocycles. The normalized spacial score (nSPS) is 10.3. The molecule has 5 nitrogen and oxygen atoms in total. The van der Waals surface area contributed by atoms with Gasteiger partial charge in [-0.1, -0.05) is 30.3 Å². The molecule has 2 aromatic rings. The molecule has 0 radical (unpaired) electrons. The summed E-state index contributed by atoms with van der Waals surface area (Å²) in [6, 6.07) is 15.3. The highest BCUT2D eigenvalue weighted by Gasteiger charge is 2.20. The number of likely N-dealkylation sites (N-methyl/N-ethyl adjacent to an activating group) is 1. The third-order valence-electron chi connectivity index (χ3n) is 4.26. The van der Waals surface area contributed by atoms with Crippen LogP contribution in [-0.2, 0) is 16.1 Å². The predicted molar refractivity (Wildman–Crippen MR) is 103 cm³/mol. The number of anilines is 1. The van der Waals surface area contributed by atoms with Gasteiger partial charge in [0.25, 0.3) is 0 Å². The Balaban J connectivity index is 2.18. The molecule has 0 saturated heterocycles. The smallest absolute Gasteiger partial charge is 0.246 e. The van der Waals surface area contributed by atoms with E-state index in [1.807, 2.05) is 62.4 Å². The van der Waals surface area contributed by atoms with E-state index >= 15 is 0 Å². The molecule has 0 aromatic heterocycles. The first-order valence-corrected chi connectivity index (χ1v) is 8.70. The average molecular weight is 354 g/mol. The number of benzene rings is 2. The number of para-hydroxylation sites is 1. The molecule has 0 bridgehead atoms. The van der Waals surface area contributed by atoms with Crippen molar-refractivity contribution >= 4 is 17.5 Å². The molecule has 0 aliphatic rings. The van der Waals surface area contributed by atoms with Crippen LogP contribution in [0.5, 0.6) is 5.75 Å². The largest absolute Gasteiger partial charge is 0.496 e. The molecule has 26 heavy (non-hydrogen) atoms. The molecule has 0 N–H and O–H groups in total. The van der Waals surface area contributed by atoms with Gasteiger partial charge in [0, 0.05) is 31.3 Å². The van der Waals surface area contributed by atoms with Crippen molar-refractivity contribution in [3.63, 3.8) is 0 Å². The van der Waals surface area contributed by atoms with Crippen molar-refractivity contribution in [2.45, 2.75) is 27.3 Å². The Bertz CT molecular complexity index is 773. The summed E-state index contributed by atoms with van der Waals surface area (Å²) < 4.78 is 5.35. The summed E-state index contributed by atoms with van der Waals surface area (Å²) in [4.78, 5) is 28.2. The lowest BCUT2D eigenvalue weighted by atomic mass is 10.1. The molecule has 0 aliphatic carbocycles. The fourth-order valence-corrected chi connectivity index (χ4v) is 2.87. The maximum absolute atomic E-state index is 12.8. The van der Waals surface area contributed by atoms with Crippen LogP contribution in [0.2, 0.25) is 0 Å². The van der Waals surface area contributed by atoms with Crippen LogP contribution in [0, 0.1) is 6.92 Å². The summed E-state index contributed by atoms with van der Waals surface area (Å²) >= 11 is 0. The second kappa shape index (κ2) is 9.04. The number of carbonyl (C=O) groups excluding carboxylic acids is 2. The highest BCUT2D eigenvalue weighted by molar-refractivity contribution is 5.96. The topological polar surface area (TPSA) is 49.9 Å². The van der Waals surface area contributed by atoms with Crippen LogP contribution in [0.4, 0.5) is 5.69 Å². The van der Waals surface area contributed by atoms with E-state index in [1.165, 1.54) is 6.92 Å². The van der Waals surface area contributed by atoms with Crippen LogP contribution in [0.25, 0.3) is 0 Å². The minimum Gasteiger partial charge on any atom is -0.496 e. The highest BCUT2D eigenvalue weighted by Crippen LogP contribution is 2.20. The number of hydrogen-bond acceptors (Lipinski definition) is 3. The van der Waals surface area contributed by atoms with E-state index in [1.54, 1.807) is 16.9 Å². The zero-order chi connectivity index (χ0) is 19.1. The van der Waals surface area contributed by atoms with Crippen molar-refractivity contribution < 1.29 is 14.3 Å². The Morgan fingerprint density at radius 3 is 2.42 bits per heavy atom. The summed E-state index contributed by atoms with van der Waals surface area (Å²) in [5.41, 5.74) is 2.81. The number of hydrogen-bond donors (Lipinski definition) is 0. The predicted octanol–water partition coefficient (Wildman–Crippen LogP) is 3.41. The van der Waals surface area contributed by atoms with Crippen molar-refractivity contribution in [3.8, 4) is 5.75 Å². The molecule has 0 fully saturated rings. The van der Waals surface area contributed by atoms with Gasteiger partial charge >= 0.3 is 0 Å². The maximum atomic E-state index is 12.8. The molecule has 0 spiro atoms. The van der Waals surface area contributed by atoms with Crippen molar-refractivity contribution in [2.24, 2.45) is 0 Å². The number of nitrogens with zero attached hydrogens (tertiary/aromatic N) is 2. The third kappa shape index (κ3) is 4.85. The van der Waals surface area contributed by atoms with Crippen LogP contribution in [0.1, 0.15) is 25.0 Å². The van der Waals surface area contributed by atoms with Crippen molar-refractivity contribution in [3.05, 3.63) is 59.7 Å². The minimum atomic E-state index is -0.149. The Labute approximate surface area is 155 Å². The molecule has 2 aromatic carbocycles. The highest BCUT2D eigenvalue weighted by atomic mass is 16.5. The van der Waals surface area contributed by atoms with Crippen LogP contribution in [0.3, 0.4) is 0 Å². The maximum Gasteiger partial charge on any atom is 0.246 e. The van der Waals surface area contributed by atoms with E-state index in [2.05, 4.69) is 0 Å². The molecule has 0 unspecified atom stereocenters. The van der Waals surface area contributed by atoms with Gasteiger partial charge in [0.15, 0.2) is 0 Å². The molecule has 0 atom stereocenters. The van der Waals surface area contributed by atoms with E-state index in [9.17, 15) is 9.59 Å². The Hall–Kier alpha value is -2.82. The van der Waals surface area contributed by atoms with Crippen molar-refractivity contribution in [1.82, 2.24) is 4.90 Å².